The third kappa shape index (κ3) is 1.98. The number of hydrazone groups is 1. The van der Waals surface area contributed by atoms with E-state index in [9.17, 15) is 0 Å². The standard InChI is InChI=1S/C9H11ClN2/c1-7-5-3-4-6-8(7)9(10)12-11-2/h3-6,11H,1-2H3/b12-9-. The first-order valence-corrected chi connectivity index (χ1v) is 4.09. The first kappa shape index (κ1) is 9.07. The van der Waals surface area contributed by atoms with Gasteiger partial charge in [0.1, 0.15) is 0 Å². The van der Waals surface area contributed by atoms with E-state index in [-0.39, 0.29) is 0 Å². The molecular formula is C9H11ClN2. The highest BCUT2D eigenvalue weighted by atomic mass is 35.5. The fourth-order valence-corrected chi connectivity index (χ4v) is 1.26. The summed E-state index contributed by atoms with van der Waals surface area (Å²) in [6.07, 6.45) is 0. The summed E-state index contributed by atoms with van der Waals surface area (Å²) in [4.78, 5) is 0. The average Bonchev–Trinajstić information content (AvgIpc) is 2.05. The summed E-state index contributed by atoms with van der Waals surface area (Å²) in [6, 6.07) is 7.86. The number of aryl methyl sites for hydroxylation is 1. The van der Waals surface area contributed by atoms with E-state index in [1.54, 1.807) is 7.05 Å². The number of rotatable bonds is 2. The Kier molecular flexibility index (Phi) is 3.11. The highest BCUT2D eigenvalue weighted by Gasteiger charge is 2.01. The van der Waals surface area contributed by atoms with Crippen molar-refractivity contribution in [1.82, 2.24) is 5.43 Å². The van der Waals surface area contributed by atoms with Gasteiger partial charge in [-0.1, -0.05) is 35.9 Å². The summed E-state index contributed by atoms with van der Waals surface area (Å²) in [5, 5.41) is 4.38. The quantitative estimate of drug-likeness (QED) is 0.550. The summed E-state index contributed by atoms with van der Waals surface area (Å²) >= 11 is 5.90. The topological polar surface area (TPSA) is 24.4 Å². The van der Waals surface area contributed by atoms with Crippen LogP contribution < -0.4 is 5.43 Å². The second-order valence-electron chi connectivity index (χ2n) is 2.44. The molecule has 1 rings (SSSR count). The predicted molar refractivity (Wildman–Crippen MR) is 52.6 cm³/mol. The maximum Gasteiger partial charge on any atom is 0.156 e. The van der Waals surface area contributed by atoms with Gasteiger partial charge < -0.3 is 5.43 Å². The van der Waals surface area contributed by atoms with Crippen LogP contribution in [0.15, 0.2) is 29.4 Å². The lowest BCUT2D eigenvalue weighted by atomic mass is 10.1. The van der Waals surface area contributed by atoms with Crippen molar-refractivity contribution in [3.8, 4) is 0 Å². The van der Waals surface area contributed by atoms with E-state index in [0.29, 0.717) is 5.17 Å². The minimum absolute atomic E-state index is 0.496. The Hall–Kier alpha value is -1.02. The molecule has 0 radical (unpaired) electrons. The van der Waals surface area contributed by atoms with Crippen molar-refractivity contribution in [3.63, 3.8) is 0 Å². The normalized spacial score (nSPS) is 11.4. The molecule has 0 bridgehead atoms. The van der Waals surface area contributed by atoms with Crippen molar-refractivity contribution >= 4 is 16.8 Å². The zero-order chi connectivity index (χ0) is 8.97. The highest BCUT2D eigenvalue weighted by molar-refractivity contribution is 6.69. The van der Waals surface area contributed by atoms with Gasteiger partial charge >= 0.3 is 0 Å². The number of halogens is 1. The third-order valence-corrected chi connectivity index (χ3v) is 1.87. The second kappa shape index (κ2) is 4.12. The van der Waals surface area contributed by atoms with Crippen molar-refractivity contribution in [2.75, 3.05) is 7.05 Å². The van der Waals surface area contributed by atoms with Gasteiger partial charge in [-0.25, -0.2) is 0 Å². The molecule has 0 saturated heterocycles. The van der Waals surface area contributed by atoms with Gasteiger partial charge in [0, 0.05) is 12.6 Å². The Morgan fingerprint density at radius 1 is 1.42 bits per heavy atom. The van der Waals surface area contributed by atoms with Crippen LogP contribution in [0.25, 0.3) is 0 Å². The van der Waals surface area contributed by atoms with Crippen LogP contribution in [0, 0.1) is 6.92 Å². The Bertz CT molecular complexity index is 294. The molecular weight excluding hydrogens is 172 g/mol. The monoisotopic (exact) mass is 182 g/mol. The van der Waals surface area contributed by atoms with Crippen LogP contribution >= 0.6 is 11.6 Å². The lowest BCUT2D eigenvalue weighted by Gasteiger charge is -2.01. The molecule has 0 fully saturated rings. The van der Waals surface area contributed by atoms with Crippen LogP contribution in [0.2, 0.25) is 0 Å². The summed E-state index contributed by atoms with van der Waals surface area (Å²) in [5.74, 6) is 0. The molecule has 1 aromatic carbocycles. The zero-order valence-corrected chi connectivity index (χ0v) is 7.89. The summed E-state index contributed by atoms with van der Waals surface area (Å²) in [6.45, 7) is 2.00. The lowest BCUT2D eigenvalue weighted by Crippen LogP contribution is -2.02. The molecule has 12 heavy (non-hydrogen) atoms. The van der Waals surface area contributed by atoms with Gasteiger partial charge in [0.15, 0.2) is 5.17 Å². The molecule has 0 spiro atoms. The van der Waals surface area contributed by atoms with Gasteiger partial charge in [0.25, 0.3) is 0 Å². The van der Waals surface area contributed by atoms with Crippen molar-refractivity contribution in [3.05, 3.63) is 35.4 Å². The lowest BCUT2D eigenvalue weighted by molar-refractivity contribution is 0.905. The molecule has 1 N–H and O–H groups in total. The molecule has 3 heteroatoms. The van der Waals surface area contributed by atoms with Crippen LogP contribution in [-0.4, -0.2) is 12.2 Å². The van der Waals surface area contributed by atoms with Gasteiger partial charge in [-0.15, -0.1) is 0 Å². The molecule has 64 valence electrons. The summed E-state index contributed by atoms with van der Waals surface area (Å²) in [7, 11) is 1.72. The van der Waals surface area contributed by atoms with Gasteiger partial charge in [0.2, 0.25) is 0 Å². The van der Waals surface area contributed by atoms with E-state index in [4.69, 9.17) is 11.6 Å². The molecule has 0 aliphatic carbocycles. The van der Waals surface area contributed by atoms with Gasteiger partial charge in [-0.05, 0) is 12.5 Å². The smallest absolute Gasteiger partial charge is 0.156 e. The molecule has 0 amide bonds. The molecule has 1 aromatic rings. The molecule has 0 atom stereocenters. The third-order valence-electron chi connectivity index (χ3n) is 1.58. The number of hydrogen-bond acceptors (Lipinski definition) is 2. The largest absolute Gasteiger partial charge is 0.312 e. The van der Waals surface area contributed by atoms with Crippen LogP contribution in [0.5, 0.6) is 0 Å². The maximum absolute atomic E-state index is 5.90. The Balaban J connectivity index is 3.02. The van der Waals surface area contributed by atoms with Crippen molar-refractivity contribution < 1.29 is 0 Å². The number of nitrogens with zero attached hydrogens (tertiary/aromatic N) is 1. The van der Waals surface area contributed by atoms with Crippen molar-refractivity contribution in [2.45, 2.75) is 6.92 Å². The minimum atomic E-state index is 0.496. The number of nitrogens with one attached hydrogen (secondary N) is 1. The fraction of sp³-hybridized carbons (Fsp3) is 0.222. The van der Waals surface area contributed by atoms with Crippen molar-refractivity contribution in [2.24, 2.45) is 5.10 Å². The van der Waals surface area contributed by atoms with Crippen molar-refractivity contribution in [1.29, 1.82) is 0 Å². The van der Waals surface area contributed by atoms with Crippen LogP contribution in [0.4, 0.5) is 0 Å². The number of hydrogen-bond donors (Lipinski definition) is 1. The first-order valence-electron chi connectivity index (χ1n) is 3.71. The fourth-order valence-electron chi connectivity index (χ4n) is 0.963. The van der Waals surface area contributed by atoms with Crippen LogP contribution in [0.3, 0.4) is 0 Å². The van der Waals surface area contributed by atoms with E-state index >= 15 is 0 Å². The van der Waals surface area contributed by atoms with E-state index in [1.165, 1.54) is 0 Å². The maximum atomic E-state index is 5.90. The Morgan fingerprint density at radius 3 is 2.67 bits per heavy atom. The molecule has 0 saturated carbocycles. The van der Waals surface area contributed by atoms with E-state index in [0.717, 1.165) is 11.1 Å². The van der Waals surface area contributed by atoms with Gasteiger partial charge in [-0.3, -0.25) is 0 Å². The average molecular weight is 183 g/mol. The highest BCUT2D eigenvalue weighted by Crippen LogP contribution is 2.10. The minimum Gasteiger partial charge on any atom is -0.312 e. The number of benzene rings is 1. The molecule has 0 aromatic heterocycles. The molecule has 2 nitrogen and oxygen atoms in total. The summed E-state index contributed by atoms with van der Waals surface area (Å²) in [5.41, 5.74) is 4.74. The van der Waals surface area contributed by atoms with E-state index in [1.807, 2.05) is 31.2 Å². The molecule has 0 heterocycles. The van der Waals surface area contributed by atoms with E-state index < -0.39 is 0 Å². The van der Waals surface area contributed by atoms with E-state index in [2.05, 4.69) is 10.5 Å². The predicted octanol–water partition coefficient (Wildman–Crippen LogP) is 2.11. The summed E-state index contributed by atoms with van der Waals surface area (Å²) < 4.78 is 0. The second-order valence-corrected chi connectivity index (χ2v) is 2.80. The van der Waals surface area contributed by atoms with Gasteiger partial charge in [-0.2, -0.15) is 5.10 Å². The Labute approximate surface area is 77.2 Å². The Morgan fingerprint density at radius 2 is 2.08 bits per heavy atom. The zero-order valence-electron chi connectivity index (χ0n) is 7.13. The SMILES string of the molecule is CN/N=C(\Cl)c1ccccc1C. The molecule has 0 unspecified atom stereocenters. The van der Waals surface area contributed by atoms with Gasteiger partial charge in [0.05, 0.1) is 0 Å². The van der Waals surface area contributed by atoms with Crippen LogP contribution in [-0.2, 0) is 0 Å². The van der Waals surface area contributed by atoms with Crippen LogP contribution in [0.1, 0.15) is 11.1 Å². The first-order chi connectivity index (χ1) is 5.75. The molecule has 0 aliphatic heterocycles. The molecule has 0 aliphatic rings.